The Hall–Kier alpha value is -1.38. The Labute approximate surface area is 91.2 Å². The molecule has 8 heteroatoms. The lowest BCUT2D eigenvalue weighted by Gasteiger charge is -2.11. The predicted octanol–water partition coefficient (Wildman–Crippen LogP) is 0.304. The molecule has 16 heavy (non-hydrogen) atoms. The molecule has 2 heterocycles. The lowest BCUT2D eigenvalue weighted by Crippen LogP contribution is -2.26. The van der Waals surface area contributed by atoms with Gasteiger partial charge >= 0.3 is 5.97 Å². The molecule has 1 fully saturated rings. The van der Waals surface area contributed by atoms with Crippen LogP contribution < -0.4 is 0 Å². The zero-order chi connectivity index (χ0) is 11.8. The van der Waals surface area contributed by atoms with Crippen molar-refractivity contribution >= 4 is 16.0 Å². The number of aromatic carboxylic acids is 1. The van der Waals surface area contributed by atoms with Gasteiger partial charge in [0.1, 0.15) is 0 Å². The van der Waals surface area contributed by atoms with Crippen LogP contribution in [-0.2, 0) is 14.9 Å². The summed E-state index contributed by atoms with van der Waals surface area (Å²) in [6.45, 7) is 0.567. The number of carboxylic acids is 1. The first-order chi connectivity index (χ1) is 7.51. The summed E-state index contributed by atoms with van der Waals surface area (Å²) in [5, 5.41) is 8.17. The van der Waals surface area contributed by atoms with Gasteiger partial charge in [0.05, 0.1) is 6.61 Å². The van der Waals surface area contributed by atoms with Crippen LogP contribution in [0.1, 0.15) is 17.0 Å². The van der Waals surface area contributed by atoms with E-state index in [9.17, 15) is 13.2 Å². The van der Waals surface area contributed by atoms with Crippen molar-refractivity contribution in [1.82, 2.24) is 4.47 Å². The number of sulfonamides is 1. The molecule has 1 saturated heterocycles. The number of hydrogen-bond donors (Lipinski definition) is 1. The lowest BCUT2D eigenvalue weighted by molar-refractivity contribution is -0.0296. The maximum Gasteiger partial charge on any atom is 0.371 e. The summed E-state index contributed by atoms with van der Waals surface area (Å²) in [5.74, 6) is -1.73. The summed E-state index contributed by atoms with van der Waals surface area (Å²) in [6, 6.07) is 2.19. The second-order valence-electron chi connectivity index (χ2n) is 3.14. The SMILES string of the molecule is O=C(O)c1ccc(S(=O)(=O)N2CCCO2)o1. The van der Waals surface area contributed by atoms with E-state index in [1.54, 1.807) is 0 Å². The first kappa shape index (κ1) is 11.1. The Morgan fingerprint density at radius 1 is 1.44 bits per heavy atom. The maximum atomic E-state index is 11.8. The van der Waals surface area contributed by atoms with Gasteiger partial charge in [-0.1, -0.05) is 4.47 Å². The van der Waals surface area contributed by atoms with Crippen LogP contribution in [0.4, 0.5) is 0 Å². The van der Waals surface area contributed by atoms with E-state index in [2.05, 4.69) is 0 Å². The topological polar surface area (TPSA) is 97.0 Å². The molecular weight excluding hydrogens is 238 g/mol. The molecule has 0 spiro atoms. The minimum atomic E-state index is -3.87. The largest absolute Gasteiger partial charge is 0.475 e. The molecule has 0 amide bonds. The highest BCUT2D eigenvalue weighted by Crippen LogP contribution is 2.21. The van der Waals surface area contributed by atoms with Crippen molar-refractivity contribution in [3.63, 3.8) is 0 Å². The molecule has 2 rings (SSSR count). The van der Waals surface area contributed by atoms with E-state index in [1.165, 1.54) is 0 Å². The van der Waals surface area contributed by atoms with Crippen molar-refractivity contribution in [3.8, 4) is 0 Å². The molecule has 0 saturated carbocycles. The number of carbonyl (C=O) groups is 1. The van der Waals surface area contributed by atoms with E-state index in [0.717, 1.165) is 16.6 Å². The van der Waals surface area contributed by atoms with Gasteiger partial charge in [-0.05, 0) is 18.6 Å². The first-order valence-electron chi connectivity index (χ1n) is 4.50. The highest BCUT2D eigenvalue weighted by molar-refractivity contribution is 7.88. The molecular formula is C8H9NO6S. The van der Waals surface area contributed by atoms with Crippen molar-refractivity contribution in [1.29, 1.82) is 0 Å². The monoisotopic (exact) mass is 247 g/mol. The third kappa shape index (κ3) is 1.82. The molecule has 1 aromatic rings. The number of furan rings is 1. The summed E-state index contributed by atoms with van der Waals surface area (Å²) >= 11 is 0. The molecule has 0 bridgehead atoms. The Morgan fingerprint density at radius 3 is 2.69 bits per heavy atom. The zero-order valence-electron chi connectivity index (χ0n) is 8.12. The second kappa shape index (κ2) is 3.89. The van der Waals surface area contributed by atoms with Crippen LogP contribution in [0.2, 0.25) is 0 Å². The normalized spacial score (nSPS) is 17.8. The molecule has 0 radical (unpaired) electrons. The fourth-order valence-electron chi connectivity index (χ4n) is 1.29. The van der Waals surface area contributed by atoms with Crippen molar-refractivity contribution < 1.29 is 27.6 Å². The maximum absolute atomic E-state index is 11.8. The number of carboxylic acid groups (broad SMARTS) is 1. The van der Waals surface area contributed by atoms with Crippen molar-refractivity contribution in [3.05, 3.63) is 17.9 Å². The first-order valence-corrected chi connectivity index (χ1v) is 5.94. The van der Waals surface area contributed by atoms with Crippen LogP contribution >= 0.6 is 0 Å². The fourth-order valence-corrected chi connectivity index (χ4v) is 2.51. The molecule has 1 N–H and O–H groups in total. The van der Waals surface area contributed by atoms with Crippen LogP contribution in [0.3, 0.4) is 0 Å². The van der Waals surface area contributed by atoms with Crippen LogP contribution in [0.25, 0.3) is 0 Å². The quantitative estimate of drug-likeness (QED) is 0.825. The summed E-state index contributed by atoms with van der Waals surface area (Å²) in [7, 11) is -3.87. The van der Waals surface area contributed by atoms with Crippen molar-refractivity contribution in [2.45, 2.75) is 11.5 Å². The Bertz CT molecular complexity index is 498. The predicted molar refractivity (Wildman–Crippen MR) is 50.1 cm³/mol. The van der Waals surface area contributed by atoms with Gasteiger partial charge in [-0.25, -0.2) is 13.2 Å². The summed E-state index contributed by atoms with van der Waals surface area (Å²) < 4.78 is 29.1. The van der Waals surface area contributed by atoms with Crippen LogP contribution in [0, 0.1) is 0 Å². The van der Waals surface area contributed by atoms with Crippen molar-refractivity contribution in [2.75, 3.05) is 13.2 Å². The van der Waals surface area contributed by atoms with E-state index in [4.69, 9.17) is 14.4 Å². The van der Waals surface area contributed by atoms with E-state index in [1.807, 2.05) is 0 Å². The fraction of sp³-hybridized carbons (Fsp3) is 0.375. The summed E-state index contributed by atoms with van der Waals surface area (Å²) in [6.07, 6.45) is 0.603. The smallest absolute Gasteiger partial charge is 0.371 e. The third-order valence-electron chi connectivity index (χ3n) is 2.03. The molecule has 1 aliphatic rings. The van der Waals surface area contributed by atoms with E-state index in [-0.39, 0.29) is 6.54 Å². The molecule has 7 nitrogen and oxygen atoms in total. The third-order valence-corrected chi connectivity index (χ3v) is 3.59. The minimum Gasteiger partial charge on any atom is -0.475 e. The van der Waals surface area contributed by atoms with Gasteiger partial charge in [-0.2, -0.15) is 0 Å². The minimum absolute atomic E-state index is 0.242. The molecule has 1 aliphatic heterocycles. The Kier molecular flexibility index (Phi) is 2.70. The van der Waals surface area contributed by atoms with Crippen LogP contribution in [-0.4, -0.2) is 37.1 Å². The van der Waals surface area contributed by atoms with Gasteiger partial charge in [0.25, 0.3) is 10.0 Å². The Morgan fingerprint density at radius 2 is 2.19 bits per heavy atom. The average molecular weight is 247 g/mol. The highest BCUT2D eigenvalue weighted by Gasteiger charge is 2.32. The van der Waals surface area contributed by atoms with E-state index in [0.29, 0.717) is 13.0 Å². The van der Waals surface area contributed by atoms with Gasteiger partial charge < -0.3 is 9.52 Å². The molecule has 0 unspecified atom stereocenters. The van der Waals surface area contributed by atoms with Crippen LogP contribution in [0.5, 0.6) is 0 Å². The van der Waals surface area contributed by atoms with Crippen molar-refractivity contribution in [2.24, 2.45) is 0 Å². The molecule has 0 atom stereocenters. The standard InChI is InChI=1S/C8H9NO6S/c10-8(11)6-2-3-7(15-6)16(12,13)9-4-1-5-14-9/h2-3H,1,4-5H2,(H,10,11). The number of hydroxylamine groups is 1. The number of rotatable bonds is 3. The van der Waals surface area contributed by atoms with Gasteiger partial charge in [0.15, 0.2) is 0 Å². The van der Waals surface area contributed by atoms with Gasteiger partial charge in [-0.15, -0.1) is 0 Å². The van der Waals surface area contributed by atoms with Crippen LogP contribution in [0.15, 0.2) is 21.6 Å². The van der Waals surface area contributed by atoms with Gasteiger partial charge in [0, 0.05) is 6.54 Å². The van der Waals surface area contributed by atoms with Gasteiger partial charge in [-0.3, -0.25) is 4.84 Å². The molecule has 88 valence electrons. The van der Waals surface area contributed by atoms with E-state index >= 15 is 0 Å². The molecule has 1 aromatic heterocycles. The number of hydrogen-bond acceptors (Lipinski definition) is 5. The Balaban J connectivity index is 2.31. The van der Waals surface area contributed by atoms with Gasteiger partial charge in [0.2, 0.25) is 10.9 Å². The van der Waals surface area contributed by atoms with E-state index < -0.39 is 26.8 Å². The highest BCUT2D eigenvalue weighted by atomic mass is 32.2. The molecule has 0 aromatic carbocycles. The summed E-state index contributed by atoms with van der Waals surface area (Å²) in [4.78, 5) is 15.4. The number of nitrogens with zero attached hydrogens (tertiary/aromatic N) is 1. The lowest BCUT2D eigenvalue weighted by atomic mass is 10.5. The average Bonchev–Trinajstić information content (AvgIpc) is 2.90. The molecule has 0 aliphatic carbocycles. The zero-order valence-corrected chi connectivity index (χ0v) is 8.94. The summed E-state index contributed by atoms with van der Waals surface area (Å²) in [5.41, 5.74) is 0. The second-order valence-corrected chi connectivity index (χ2v) is 4.90.